The van der Waals surface area contributed by atoms with E-state index in [0.29, 0.717) is 12.4 Å². The van der Waals surface area contributed by atoms with Crippen LogP contribution in [0, 0.1) is 35.0 Å². The van der Waals surface area contributed by atoms with Gasteiger partial charge in [0.2, 0.25) is 5.82 Å². The van der Waals surface area contributed by atoms with Gasteiger partial charge in [-0.2, -0.15) is 5.10 Å². The molecule has 2 heterocycles. The van der Waals surface area contributed by atoms with Crippen LogP contribution in [0.15, 0.2) is 5.10 Å². The van der Waals surface area contributed by atoms with Crippen LogP contribution in [0.3, 0.4) is 0 Å². The fourth-order valence-corrected chi connectivity index (χ4v) is 2.91. The third-order valence-corrected chi connectivity index (χ3v) is 4.52. The van der Waals surface area contributed by atoms with E-state index in [-0.39, 0.29) is 25.2 Å². The number of hydrogen-bond acceptors (Lipinski definition) is 4. The van der Waals surface area contributed by atoms with Crippen molar-refractivity contribution in [2.75, 3.05) is 24.9 Å². The van der Waals surface area contributed by atoms with Gasteiger partial charge in [0.1, 0.15) is 19.0 Å². The van der Waals surface area contributed by atoms with Gasteiger partial charge >= 0.3 is 0 Å². The topological polar surface area (TPSA) is 28.1 Å². The Morgan fingerprint density at radius 2 is 1.67 bits per heavy atom. The zero-order chi connectivity index (χ0) is 17.6. The van der Waals surface area contributed by atoms with Crippen LogP contribution in [-0.2, 0) is 4.74 Å². The molecule has 132 valence electrons. The van der Waals surface area contributed by atoms with E-state index in [1.807, 2.05) is 13.8 Å². The predicted octanol–water partition coefficient (Wildman–Crippen LogP) is 3.22. The van der Waals surface area contributed by atoms with E-state index in [2.05, 4.69) is 5.10 Å². The molecule has 2 aliphatic rings. The zero-order valence-electron chi connectivity index (χ0n) is 13.1. The molecule has 2 aliphatic heterocycles. The Morgan fingerprint density at radius 3 is 2.25 bits per heavy atom. The minimum atomic E-state index is -2.18. The van der Waals surface area contributed by atoms with Crippen molar-refractivity contribution < 1.29 is 26.7 Å². The average Bonchev–Trinajstić information content (AvgIpc) is 3.01. The maximum atomic E-state index is 14.0. The second-order valence-corrected chi connectivity index (χ2v) is 5.91. The zero-order valence-corrected chi connectivity index (χ0v) is 13.1. The summed E-state index contributed by atoms with van der Waals surface area (Å²) < 4.78 is 73.4. The Labute approximate surface area is 135 Å². The summed E-state index contributed by atoms with van der Waals surface area (Å²) in [6, 6.07) is -0.0752. The highest BCUT2D eigenvalue weighted by Crippen LogP contribution is 2.34. The maximum absolute atomic E-state index is 14.0. The molecule has 0 amide bonds. The summed E-state index contributed by atoms with van der Waals surface area (Å²) in [4.78, 5) is 1.79. The molecule has 0 aromatic heterocycles. The predicted molar refractivity (Wildman–Crippen MR) is 76.9 cm³/mol. The molecule has 0 N–H and O–H groups in total. The van der Waals surface area contributed by atoms with Gasteiger partial charge in [-0.1, -0.05) is 20.3 Å². The molecular formula is C15H16F5N3O. The molecule has 0 radical (unpaired) electrons. The highest BCUT2D eigenvalue weighted by Gasteiger charge is 2.39. The van der Waals surface area contributed by atoms with Crippen molar-refractivity contribution in [3.63, 3.8) is 0 Å². The number of ether oxygens (including phenoxy) is 1. The minimum Gasteiger partial charge on any atom is -0.371 e. The van der Waals surface area contributed by atoms with Crippen molar-refractivity contribution in [3.8, 4) is 0 Å². The van der Waals surface area contributed by atoms with Crippen molar-refractivity contribution in [3.05, 3.63) is 29.1 Å². The van der Waals surface area contributed by atoms with E-state index in [0.717, 1.165) is 11.4 Å². The summed E-state index contributed by atoms with van der Waals surface area (Å²) >= 11 is 0. The van der Waals surface area contributed by atoms with Crippen molar-refractivity contribution >= 4 is 11.5 Å². The van der Waals surface area contributed by atoms with Gasteiger partial charge < -0.3 is 9.64 Å². The lowest BCUT2D eigenvalue weighted by Crippen LogP contribution is -2.51. The number of benzene rings is 1. The lowest BCUT2D eigenvalue weighted by Gasteiger charge is -2.37. The minimum absolute atomic E-state index is 0.0752. The van der Waals surface area contributed by atoms with E-state index in [1.54, 1.807) is 4.90 Å². The normalized spacial score (nSPS) is 21.8. The number of hydrazone groups is 1. The smallest absolute Gasteiger partial charge is 0.200 e. The molecule has 1 aromatic carbocycles. The van der Waals surface area contributed by atoms with Crippen molar-refractivity contribution in [2.24, 2.45) is 11.0 Å². The van der Waals surface area contributed by atoms with Crippen LogP contribution in [0.2, 0.25) is 0 Å². The number of anilines is 1. The highest BCUT2D eigenvalue weighted by atomic mass is 19.2. The summed E-state index contributed by atoms with van der Waals surface area (Å²) in [5, 5.41) is 4.80. The second-order valence-electron chi connectivity index (χ2n) is 5.91. The number of morpholine rings is 1. The lowest BCUT2D eigenvalue weighted by molar-refractivity contribution is 0.0517. The Hall–Kier alpha value is -1.90. The van der Waals surface area contributed by atoms with Gasteiger partial charge in [-0.25, -0.2) is 27.0 Å². The number of rotatable bonds is 3. The van der Waals surface area contributed by atoms with Gasteiger partial charge in [0, 0.05) is 0 Å². The molecule has 4 nitrogen and oxygen atoms in total. The number of fused-ring (bicyclic) bond motifs is 1. The molecule has 1 fully saturated rings. The second kappa shape index (κ2) is 6.19. The van der Waals surface area contributed by atoms with E-state index in [4.69, 9.17) is 4.74 Å². The fraction of sp³-hybridized carbons (Fsp3) is 0.533. The van der Waals surface area contributed by atoms with Gasteiger partial charge in [0.05, 0.1) is 12.6 Å². The molecule has 1 aromatic rings. The van der Waals surface area contributed by atoms with Crippen LogP contribution in [-0.4, -0.2) is 36.7 Å². The first kappa shape index (κ1) is 16.9. The lowest BCUT2D eigenvalue weighted by atomic mass is 9.97. The molecule has 0 aliphatic carbocycles. The average molecular weight is 349 g/mol. The largest absolute Gasteiger partial charge is 0.371 e. The van der Waals surface area contributed by atoms with Crippen molar-refractivity contribution in [1.29, 1.82) is 0 Å². The third kappa shape index (κ3) is 2.51. The van der Waals surface area contributed by atoms with Gasteiger partial charge in [0.25, 0.3) is 0 Å². The van der Waals surface area contributed by atoms with Crippen LogP contribution in [0.1, 0.15) is 20.3 Å². The quantitative estimate of drug-likeness (QED) is 0.477. The van der Waals surface area contributed by atoms with Crippen molar-refractivity contribution in [2.45, 2.75) is 26.3 Å². The van der Waals surface area contributed by atoms with E-state index in [1.165, 1.54) is 0 Å². The SMILES string of the molecule is CC[C@H](C)[C@H]1COCC2=NN(c3c(F)c(F)c(F)c(F)c3F)CN21. The first-order valence-corrected chi connectivity index (χ1v) is 7.57. The van der Waals surface area contributed by atoms with Crippen molar-refractivity contribution in [1.82, 2.24) is 4.90 Å². The molecule has 0 saturated carbocycles. The van der Waals surface area contributed by atoms with E-state index < -0.39 is 34.8 Å². The molecule has 9 heteroatoms. The molecule has 2 atom stereocenters. The summed E-state index contributed by atoms with van der Waals surface area (Å²) in [5.74, 6) is -9.30. The Kier molecular flexibility index (Phi) is 4.37. The Balaban J connectivity index is 1.98. The van der Waals surface area contributed by atoms with E-state index >= 15 is 0 Å². The van der Waals surface area contributed by atoms with Crippen LogP contribution in [0.4, 0.5) is 27.6 Å². The molecule has 0 spiro atoms. The fourth-order valence-electron chi connectivity index (χ4n) is 2.91. The molecule has 1 saturated heterocycles. The monoisotopic (exact) mass is 349 g/mol. The van der Waals surface area contributed by atoms with Gasteiger partial charge in [-0.15, -0.1) is 0 Å². The molecule has 0 bridgehead atoms. The third-order valence-electron chi connectivity index (χ3n) is 4.52. The summed E-state index contributed by atoms with van der Waals surface area (Å²) in [5.41, 5.74) is -1.05. The number of nitrogens with zero attached hydrogens (tertiary/aromatic N) is 3. The molecule has 24 heavy (non-hydrogen) atoms. The molecule has 3 rings (SSSR count). The van der Waals surface area contributed by atoms with Gasteiger partial charge in [-0.3, -0.25) is 0 Å². The summed E-state index contributed by atoms with van der Waals surface area (Å²) in [6.07, 6.45) is 0.848. The molecular weight excluding hydrogens is 333 g/mol. The van der Waals surface area contributed by atoms with E-state index in [9.17, 15) is 22.0 Å². The first-order valence-electron chi connectivity index (χ1n) is 7.57. The number of hydrogen-bond donors (Lipinski definition) is 0. The number of halogens is 5. The standard InChI is InChI=1S/C15H16F5N3O/c1-3-7(2)8-4-24-5-9-21-23(6-22(8)9)15-13(19)11(17)10(16)12(18)14(15)20/h7-8H,3-6H2,1-2H3/t7-,8+/m0/s1. The van der Waals surface area contributed by atoms with Crippen LogP contribution in [0.5, 0.6) is 0 Å². The highest BCUT2D eigenvalue weighted by molar-refractivity contribution is 5.87. The van der Waals surface area contributed by atoms with Gasteiger partial charge in [0.15, 0.2) is 29.1 Å². The number of amidine groups is 1. The summed E-state index contributed by atoms with van der Waals surface area (Å²) in [6.45, 7) is 4.44. The maximum Gasteiger partial charge on any atom is 0.200 e. The van der Waals surface area contributed by atoms with Crippen LogP contribution < -0.4 is 5.01 Å². The van der Waals surface area contributed by atoms with Crippen LogP contribution in [0.25, 0.3) is 0 Å². The Morgan fingerprint density at radius 1 is 1.08 bits per heavy atom. The molecule has 0 unspecified atom stereocenters. The summed E-state index contributed by atoms with van der Waals surface area (Å²) in [7, 11) is 0. The first-order chi connectivity index (χ1) is 11.4. The van der Waals surface area contributed by atoms with Gasteiger partial charge in [-0.05, 0) is 5.92 Å². The Bertz CT molecular complexity index is 667. The van der Waals surface area contributed by atoms with Crippen LogP contribution >= 0.6 is 0 Å².